The van der Waals surface area contributed by atoms with Crippen LogP contribution in [0.1, 0.15) is 15.9 Å². The molecule has 0 saturated heterocycles. The predicted molar refractivity (Wildman–Crippen MR) is 101 cm³/mol. The van der Waals surface area contributed by atoms with Gasteiger partial charge in [0.05, 0.1) is 15.5 Å². The van der Waals surface area contributed by atoms with Gasteiger partial charge in [0.1, 0.15) is 0 Å². The average Bonchev–Trinajstić information content (AvgIpc) is 2.94. The molecule has 1 heterocycles. The lowest BCUT2D eigenvalue weighted by Crippen LogP contribution is -2.13. The standard InChI is InChI=1S/C18H13N3O5S/c1-10-5-6-11(9-15(10)21(23)24)20-27(25,26)16-8-7-14-17-12(16)3-2-4-13(17)18(22)19-14/h2-9,20H,1H3,(H,19,22). The second-order valence-corrected chi connectivity index (χ2v) is 7.81. The van der Waals surface area contributed by atoms with Crippen molar-refractivity contribution in [2.24, 2.45) is 0 Å². The van der Waals surface area contributed by atoms with Gasteiger partial charge >= 0.3 is 0 Å². The molecule has 1 amide bonds. The van der Waals surface area contributed by atoms with E-state index in [0.29, 0.717) is 27.6 Å². The van der Waals surface area contributed by atoms with E-state index in [-0.39, 0.29) is 22.2 Å². The number of hydrogen-bond acceptors (Lipinski definition) is 5. The normalized spacial score (nSPS) is 12.9. The molecule has 0 aromatic heterocycles. The zero-order valence-corrected chi connectivity index (χ0v) is 14.8. The number of hydrogen-bond donors (Lipinski definition) is 2. The molecule has 0 aliphatic carbocycles. The van der Waals surface area contributed by atoms with Crippen LogP contribution in [0.3, 0.4) is 0 Å². The van der Waals surface area contributed by atoms with Gasteiger partial charge in [-0.05, 0) is 31.2 Å². The fourth-order valence-corrected chi connectivity index (χ4v) is 4.43. The second-order valence-electron chi connectivity index (χ2n) is 6.16. The summed E-state index contributed by atoms with van der Waals surface area (Å²) in [5.74, 6) is -0.285. The third kappa shape index (κ3) is 2.68. The van der Waals surface area contributed by atoms with E-state index in [0.717, 1.165) is 0 Å². The molecule has 3 aromatic rings. The summed E-state index contributed by atoms with van der Waals surface area (Å²) >= 11 is 0. The smallest absolute Gasteiger partial charge is 0.274 e. The Morgan fingerprint density at radius 2 is 1.89 bits per heavy atom. The summed E-state index contributed by atoms with van der Waals surface area (Å²) in [7, 11) is -4.03. The number of anilines is 2. The maximum Gasteiger partial charge on any atom is 0.274 e. The quantitative estimate of drug-likeness (QED) is 0.528. The number of nitrogens with one attached hydrogen (secondary N) is 2. The predicted octanol–water partition coefficient (Wildman–Crippen LogP) is 3.42. The van der Waals surface area contributed by atoms with Crippen molar-refractivity contribution in [3.8, 4) is 0 Å². The number of benzene rings is 3. The van der Waals surface area contributed by atoms with Crippen LogP contribution in [0.4, 0.5) is 17.1 Å². The van der Waals surface area contributed by atoms with E-state index in [1.54, 1.807) is 25.1 Å². The summed E-state index contributed by atoms with van der Waals surface area (Å²) in [6, 6.07) is 11.9. The van der Waals surface area contributed by atoms with Crippen LogP contribution in [0.15, 0.2) is 53.4 Å². The fraction of sp³-hybridized carbons (Fsp3) is 0.0556. The molecule has 27 heavy (non-hydrogen) atoms. The molecular weight excluding hydrogens is 370 g/mol. The molecule has 0 atom stereocenters. The molecule has 4 rings (SSSR count). The number of aryl methyl sites for hydroxylation is 1. The summed E-state index contributed by atoms with van der Waals surface area (Å²) < 4.78 is 28.2. The summed E-state index contributed by atoms with van der Waals surface area (Å²) in [6.45, 7) is 1.57. The molecule has 0 bridgehead atoms. The first-order chi connectivity index (χ1) is 12.8. The maximum absolute atomic E-state index is 12.9. The van der Waals surface area contributed by atoms with Crippen LogP contribution in [-0.2, 0) is 10.0 Å². The van der Waals surface area contributed by atoms with Crippen molar-refractivity contribution < 1.29 is 18.1 Å². The van der Waals surface area contributed by atoms with Crippen molar-refractivity contribution in [3.63, 3.8) is 0 Å². The van der Waals surface area contributed by atoms with Crippen molar-refractivity contribution in [3.05, 3.63) is 69.8 Å². The molecule has 8 nitrogen and oxygen atoms in total. The van der Waals surface area contributed by atoms with Gasteiger partial charge < -0.3 is 5.32 Å². The Kier molecular flexibility index (Phi) is 3.63. The number of sulfonamides is 1. The second kappa shape index (κ2) is 5.78. The van der Waals surface area contributed by atoms with E-state index in [4.69, 9.17) is 0 Å². The van der Waals surface area contributed by atoms with Crippen molar-refractivity contribution in [1.82, 2.24) is 0 Å². The lowest BCUT2D eigenvalue weighted by atomic mass is 10.1. The highest BCUT2D eigenvalue weighted by molar-refractivity contribution is 7.93. The zero-order valence-electron chi connectivity index (χ0n) is 14.0. The van der Waals surface area contributed by atoms with Crippen molar-refractivity contribution in [1.29, 1.82) is 0 Å². The van der Waals surface area contributed by atoms with E-state index >= 15 is 0 Å². The molecule has 0 spiro atoms. The Bertz CT molecular complexity index is 1250. The number of nitro benzene ring substituents is 1. The summed E-state index contributed by atoms with van der Waals surface area (Å²) in [6.07, 6.45) is 0. The third-order valence-electron chi connectivity index (χ3n) is 4.44. The minimum atomic E-state index is -4.03. The first-order valence-corrected chi connectivity index (χ1v) is 9.41. The van der Waals surface area contributed by atoms with Gasteiger partial charge in [0.2, 0.25) is 0 Å². The third-order valence-corrected chi connectivity index (χ3v) is 5.88. The van der Waals surface area contributed by atoms with Crippen LogP contribution < -0.4 is 10.0 Å². The van der Waals surface area contributed by atoms with Gasteiger partial charge in [0.15, 0.2) is 0 Å². The van der Waals surface area contributed by atoms with Crippen molar-refractivity contribution >= 4 is 43.8 Å². The minimum Gasteiger partial charge on any atom is -0.321 e. The van der Waals surface area contributed by atoms with E-state index in [1.165, 1.54) is 30.3 Å². The van der Waals surface area contributed by atoms with Gasteiger partial charge in [-0.3, -0.25) is 19.6 Å². The minimum absolute atomic E-state index is 0.0113. The van der Waals surface area contributed by atoms with E-state index in [9.17, 15) is 23.3 Å². The molecule has 1 aliphatic rings. The Morgan fingerprint density at radius 1 is 1.11 bits per heavy atom. The molecule has 9 heteroatoms. The van der Waals surface area contributed by atoms with Crippen LogP contribution in [0.25, 0.3) is 10.8 Å². The Balaban J connectivity index is 1.83. The zero-order chi connectivity index (χ0) is 19.3. The number of nitro groups is 1. The SMILES string of the molecule is Cc1ccc(NS(=O)(=O)c2ccc3c4c(cccc24)C(=O)N3)cc1[N+](=O)[O-]. The van der Waals surface area contributed by atoms with Crippen molar-refractivity contribution in [2.75, 3.05) is 10.0 Å². The Morgan fingerprint density at radius 3 is 2.63 bits per heavy atom. The molecule has 3 aromatic carbocycles. The summed E-state index contributed by atoms with van der Waals surface area (Å²) in [4.78, 5) is 22.5. The number of carbonyl (C=O) groups excluding carboxylic acids is 1. The highest BCUT2D eigenvalue weighted by atomic mass is 32.2. The number of carbonyl (C=O) groups is 1. The van der Waals surface area contributed by atoms with Gasteiger partial charge in [-0.2, -0.15) is 0 Å². The van der Waals surface area contributed by atoms with Gasteiger partial charge in [-0.1, -0.05) is 18.2 Å². The van der Waals surface area contributed by atoms with E-state index in [2.05, 4.69) is 10.0 Å². The first-order valence-electron chi connectivity index (χ1n) is 7.93. The van der Waals surface area contributed by atoms with Crippen LogP contribution >= 0.6 is 0 Å². The van der Waals surface area contributed by atoms with Gasteiger partial charge in [-0.25, -0.2) is 8.42 Å². The number of nitrogens with zero attached hydrogens (tertiary/aromatic N) is 1. The molecular formula is C18H13N3O5S. The molecule has 136 valence electrons. The van der Waals surface area contributed by atoms with Crippen LogP contribution in [-0.4, -0.2) is 19.2 Å². The lowest BCUT2D eigenvalue weighted by Gasteiger charge is -2.11. The molecule has 0 unspecified atom stereocenters. The fourth-order valence-electron chi connectivity index (χ4n) is 3.18. The van der Waals surface area contributed by atoms with Gasteiger partial charge in [0, 0.05) is 33.7 Å². The molecule has 0 radical (unpaired) electrons. The Hall–Kier alpha value is -3.46. The molecule has 2 N–H and O–H groups in total. The summed E-state index contributed by atoms with van der Waals surface area (Å²) in [5.41, 5.74) is 1.30. The summed E-state index contributed by atoms with van der Waals surface area (Å²) in [5, 5.41) is 14.7. The Labute approximate surface area is 154 Å². The number of amides is 1. The average molecular weight is 383 g/mol. The molecule has 0 saturated carbocycles. The first kappa shape index (κ1) is 17.0. The topological polar surface area (TPSA) is 118 Å². The van der Waals surface area contributed by atoms with E-state index < -0.39 is 14.9 Å². The van der Waals surface area contributed by atoms with Crippen LogP contribution in [0, 0.1) is 17.0 Å². The molecule has 0 fully saturated rings. The maximum atomic E-state index is 12.9. The monoisotopic (exact) mass is 383 g/mol. The van der Waals surface area contributed by atoms with Gasteiger partial charge in [0.25, 0.3) is 21.6 Å². The highest BCUT2D eigenvalue weighted by Crippen LogP contribution is 2.37. The lowest BCUT2D eigenvalue weighted by molar-refractivity contribution is -0.385. The molecule has 1 aliphatic heterocycles. The van der Waals surface area contributed by atoms with E-state index in [1.807, 2.05) is 0 Å². The van der Waals surface area contributed by atoms with Crippen LogP contribution in [0.2, 0.25) is 0 Å². The van der Waals surface area contributed by atoms with Crippen LogP contribution in [0.5, 0.6) is 0 Å². The van der Waals surface area contributed by atoms with Crippen molar-refractivity contribution in [2.45, 2.75) is 11.8 Å². The largest absolute Gasteiger partial charge is 0.321 e. The highest BCUT2D eigenvalue weighted by Gasteiger charge is 2.26. The number of rotatable bonds is 4. The van der Waals surface area contributed by atoms with Gasteiger partial charge in [-0.15, -0.1) is 0 Å².